The Hall–Kier alpha value is -1.91. The summed E-state index contributed by atoms with van der Waals surface area (Å²) in [5, 5.41) is 0. The number of anilines is 1. The summed E-state index contributed by atoms with van der Waals surface area (Å²) in [4.78, 5) is 14.8. The number of imidazole rings is 1. The Balaban J connectivity index is 2.44. The van der Waals surface area contributed by atoms with Crippen molar-refractivity contribution in [2.75, 3.05) is 19.0 Å². The van der Waals surface area contributed by atoms with E-state index in [9.17, 15) is 0 Å². The molecule has 0 atom stereocenters. The summed E-state index contributed by atoms with van der Waals surface area (Å²) in [7, 11) is 3.85. The molecular weight excluding hydrogens is 202 g/mol. The molecular formula is C11H15N5. The third-order valence-electron chi connectivity index (χ3n) is 2.31. The van der Waals surface area contributed by atoms with Crippen LogP contribution in [0, 0.1) is 0 Å². The zero-order chi connectivity index (χ0) is 11.5. The molecule has 0 aliphatic carbocycles. The maximum atomic E-state index is 4.46. The molecule has 0 saturated heterocycles. The summed E-state index contributed by atoms with van der Waals surface area (Å²) < 4.78 is 1.98. The van der Waals surface area contributed by atoms with E-state index in [0.29, 0.717) is 5.95 Å². The van der Waals surface area contributed by atoms with E-state index >= 15 is 0 Å². The highest BCUT2D eigenvalue weighted by Gasteiger charge is 2.06. The Kier molecular flexibility index (Phi) is 2.85. The topological polar surface area (TPSA) is 46.8 Å². The average molecular weight is 217 g/mol. The first-order valence-electron chi connectivity index (χ1n) is 5.25. The van der Waals surface area contributed by atoms with Crippen molar-refractivity contribution in [3.63, 3.8) is 0 Å². The molecule has 5 nitrogen and oxygen atoms in total. The summed E-state index contributed by atoms with van der Waals surface area (Å²) >= 11 is 0. The van der Waals surface area contributed by atoms with E-state index in [0.717, 1.165) is 18.1 Å². The fourth-order valence-corrected chi connectivity index (χ4v) is 1.49. The number of nitrogens with zero attached hydrogens (tertiary/aromatic N) is 5. The second kappa shape index (κ2) is 4.30. The largest absolute Gasteiger partial charge is 0.347 e. The zero-order valence-corrected chi connectivity index (χ0v) is 9.75. The smallest absolute Gasteiger partial charge is 0.226 e. The van der Waals surface area contributed by atoms with Crippen LogP contribution in [0.25, 0.3) is 5.82 Å². The fraction of sp³-hybridized carbons (Fsp3) is 0.364. The van der Waals surface area contributed by atoms with Crippen molar-refractivity contribution >= 4 is 5.95 Å². The fourth-order valence-electron chi connectivity index (χ4n) is 1.49. The second-order valence-electron chi connectivity index (χ2n) is 3.68. The average Bonchev–Trinajstić information content (AvgIpc) is 2.77. The molecule has 0 aliphatic heterocycles. The Morgan fingerprint density at radius 1 is 1.25 bits per heavy atom. The lowest BCUT2D eigenvalue weighted by molar-refractivity contribution is 0.854. The molecule has 0 N–H and O–H groups in total. The molecule has 2 rings (SSSR count). The van der Waals surface area contributed by atoms with Gasteiger partial charge in [0.1, 0.15) is 11.6 Å². The molecule has 0 unspecified atom stereocenters. The normalized spacial score (nSPS) is 10.4. The number of aromatic nitrogens is 4. The Labute approximate surface area is 94.8 Å². The molecule has 0 fully saturated rings. The molecule has 0 radical (unpaired) electrons. The van der Waals surface area contributed by atoms with Gasteiger partial charge in [-0.25, -0.2) is 9.97 Å². The maximum absolute atomic E-state index is 4.46. The van der Waals surface area contributed by atoms with Gasteiger partial charge in [0.25, 0.3) is 0 Å². The van der Waals surface area contributed by atoms with Crippen molar-refractivity contribution in [1.82, 2.24) is 19.5 Å². The van der Waals surface area contributed by atoms with E-state index in [1.165, 1.54) is 0 Å². The van der Waals surface area contributed by atoms with Gasteiger partial charge in [-0.3, -0.25) is 4.57 Å². The molecule has 5 heteroatoms. The standard InChI is InChI=1S/C11H15N5/c1-4-9-12-7-8-16(9)10-5-6-13-11(14-10)15(2)3/h5-8H,4H2,1-3H3. The predicted molar refractivity (Wildman–Crippen MR) is 62.9 cm³/mol. The highest BCUT2D eigenvalue weighted by Crippen LogP contribution is 2.10. The minimum Gasteiger partial charge on any atom is -0.347 e. The Morgan fingerprint density at radius 2 is 2.06 bits per heavy atom. The van der Waals surface area contributed by atoms with Crippen molar-refractivity contribution in [3.8, 4) is 5.82 Å². The summed E-state index contributed by atoms with van der Waals surface area (Å²) in [5.41, 5.74) is 0. The van der Waals surface area contributed by atoms with Gasteiger partial charge in [-0.05, 0) is 6.07 Å². The molecule has 84 valence electrons. The van der Waals surface area contributed by atoms with Gasteiger partial charge in [-0.2, -0.15) is 4.98 Å². The molecule has 2 heterocycles. The number of rotatable bonds is 3. The summed E-state index contributed by atoms with van der Waals surface area (Å²) in [6.07, 6.45) is 6.35. The Bertz CT molecular complexity index is 475. The van der Waals surface area contributed by atoms with Crippen molar-refractivity contribution in [3.05, 3.63) is 30.5 Å². The second-order valence-corrected chi connectivity index (χ2v) is 3.68. The van der Waals surface area contributed by atoms with E-state index < -0.39 is 0 Å². The molecule has 0 aromatic carbocycles. The quantitative estimate of drug-likeness (QED) is 0.777. The van der Waals surface area contributed by atoms with Gasteiger partial charge >= 0.3 is 0 Å². The number of hydrogen-bond donors (Lipinski definition) is 0. The van der Waals surface area contributed by atoms with E-state index in [1.54, 1.807) is 12.4 Å². The minimum atomic E-state index is 0.702. The van der Waals surface area contributed by atoms with Gasteiger partial charge in [-0.15, -0.1) is 0 Å². The summed E-state index contributed by atoms with van der Waals surface area (Å²) in [6, 6.07) is 1.88. The summed E-state index contributed by atoms with van der Waals surface area (Å²) in [5.74, 6) is 2.56. The van der Waals surface area contributed by atoms with Gasteiger partial charge in [0.15, 0.2) is 0 Å². The lowest BCUT2D eigenvalue weighted by Crippen LogP contribution is -2.14. The van der Waals surface area contributed by atoms with Crippen LogP contribution in [0.3, 0.4) is 0 Å². The zero-order valence-electron chi connectivity index (χ0n) is 9.75. The summed E-state index contributed by atoms with van der Waals surface area (Å²) in [6.45, 7) is 2.08. The highest BCUT2D eigenvalue weighted by atomic mass is 15.2. The van der Waals surface area contributed by atoms with Gasteiger partial charge in [0, 0.05) is 39.1 Å². The van der Waals surface area contributed by atoms with Crippen LogP contribution >= 0.6 is 0 Å². The minimum absolute atomic E-state index is 0.702. The first-order valence-corrected chi connectivity index (χ1v) is 5.25. The first kappa shape index (κ1) is 10.6. The molecule has 0 saturated carbocycles. The molecule has 0 aliphatic rings. The Morgan fingerprint density at radius 3 is 2.75 bits per heavy atom. The number of aryl methyl sites for hydroxylation is 1. The van der Waals surface area contributed by atoms with Crippen LogP contribution < -0.4 is 4.90 Å². The van der Waals surface area contributed by atoms with Crippen LogP contribution in [-0.4, -0.2) is 33.6 Å². The molecule has 16 heavy (non-hydrogen) atoms. The van der Waals surface area contributed by atoms with E-state index in [1.807, 2.05) is 35.8 Å². The monoisotopic (exact) mass is 217 g/mol. The van der Waals surface area contributed by atoms with Crippen molar-refractivity contribution in [1.29, 1.82) is 0 Å². The molecule has 0 spiro atoms. The van der Waals surface area contributed by atoms with Gasteiger partial charge in [0.2, 0.25) is 5.95 Å². The molecule has 2 aromatic heterocycles. The maximum Gasteiger partial charge on any atom is 0.226 e. The van der Waals surface area contributed by atoms with E-state index in [4.69, 9.17) is 0 Å². The van der Waals surface area contributed by atoms with E-state index in [2.05, 4.69) is 21.9 Å². The predicted octanol–water partition coefficient (Wildman–Crippen LogP) is 1.29. The van der Waals surface area contributed by atoms with Crippen LogP contribution in [-0.2, 0) is 6.42 Å². The highest BCUT2D eigenvalue weighted by molar-refractivity contribution is 5.34. The van der Waals surface area contributed by atoms with Crippen LogP contribution in [0.4, 0.5) is 5.95 Å². The molecule has 0 amide bonds. The van der Waals surface area contributed by atoms with Crippen molar-refractivity contribution in [2.45, 2.75) is 13.3 Å². The van der Waals surface area contributed by atoms with Gasteiger partial charge in [-0.1, -0.05) is 6.92 Å². The lowest BCUT2D eigenvalue weighted by atomic mass is 10.4. The van der Waals surface area contributed by atoms with Crippen LogP contribution in [0.1, 0.15) is 12.7 Å². The number of hydrogen-bond acceptors (Lipinski definition) is 4. The van der Waals surface area contributed by atoms with Crippen molar-refractivity contribution in [2.24, 2.45) is 0 Å². The van der Waals surface area contributed by atoms with Crippen LogP contribution in [0.15, 0.2) is 24.7 Å². The van der Waals surface area contributed by atoms with E-state index in [-0.39, 0.29) is 0 Å². The third kappa shape index (κ3) is 1.88. The first-order chi connectivity index (χ1) is 7.72. The van der Waals surface area contributed by atoms with Gasteiger partial charge in [0.05, 0.1) is 0 Å². The van der Waals surface area contributed by atoms with Crippen LogP contribution in [0.2, 0.25) is 0 Å². The molecule has 2 aromatic rings. The van der Waals surface area contributed by atoms with Gasteiger partial charge < -0.3 is 4.90 Å². The third-order valence-corrected chi connectivity index (χ3v) is 2.31. The lowest BCUT2D eigenvalue weighted by Gasteiger charge is -2.11. The molecule has 0 bridgehead atoms. The SMILES string of the molecule is CCc1nccn1-c1ccnc(N(C)C)n1. The van der Waals surface area contributed by atoms with Crippen molar-refractivity contribution < 1.29 is 0 Å². The van der Waals surface area contributed by atoms with Crippen LogP contribution in [0.5, 0.6) is 0 Å².